The number of aliphatic hydroxyl groups is 1. The number of carboxylic acid groups (broad SMARTS) is 1. The van der Waals surface area contributed by atoms with Crippen LogP contribution in [-0.4, -0.2) is 39.1 Å². The molecule has 0 aromatic heterocycles. The minimum Gasteiger partial charge on any atom is -0.481 e. The van der Waals surface area contributed by atoms with Crippen molar-refractivity contribution in [3.8, 4) is 0 Å². The van der Waals surface area contributed by atoms with Gasteiger partial charge in [-0.15, -0.1) is 0 Å². The quantitative estimate of drug-likeness (QED) is 0.536. The summed E-state index contributed by atoms with van der Waals surface area (Å²) in [6.07, 6.45) is -0.202. The molecule has 5 nitrogen and oxygen atoms in total. The van der Waals surface area contributed by atoms with E-state index in [0.29, 0.717) is 22.9 Å². The molecule has 3 rings (SSSR count). The molecule has 0 bridgehead atoms. The van der Waals surface area contributed by atoms with Gasteiger partial charge in [0, 0.05) is 16.0 Å². The Bertz CT molecular complexity index is 978. The average Bonchev–Trinajstić information content (AvgIpc) is 2.71. The van der Waals surface area contributed by atoms with Crippen LogP contribution in [0.15, 0.2) is 48.5 Å². The Labute approximate surface area is 199 Å². The third kappa shape index (κ3) is 4.95. The van der Waals surface area contributed by atoms with Crippen LogP contribution in [0.1, 0.15) is 63.1 Å². The number of benzene rings is 2. The highest BCUT2D eigenvalue weighted by molar-refractivity contribution is 6.30. The number of carboxylic acids is 1. The third-order valence-electron chi connectivity index (χ3n) is 6.46. The average molecular weight is 478 g/mol. The zero-order valence-electron chi connectivity index (χ0n) is 18.5. The van der Waals surface area contributed by atoms with Gasteiger partial charge in [0.25, 0.3) is 0 Å². The first-order valence-corrected chi connectivity index (χ1v) is 11.6. The Morgan fingerprint density at radius 2 is 1.81 bits per heavy atom. The molecule has 1 amide bonds. The Morgan fingerprint density at radius 1 is 1.16 bits per heavy atom. The maximum absolute atomic E-state index is 13.9. The predicted octanol–water partition coefficient (Wildman–Crippen LogP) is 5.69. The molecule has 2 aromatic rings. The number of aliphatic carboxylic acids is 1. The first kappa shape index (κ1) is 24.6. The van der Waals surface area contributed by atoms with E-state index in [9.17, 15) is 19.8 Å². The number of halogens is 2. The van der Waals surface area contributed by atoms with Gasteiger partial charge >= 0.3 is 5.97 Å². The van der Waals surface area contributed by atoms with Gasteiger partial charge in [0.15, 0.2) is 0 Å². The standard InChI is InChI=1S/C25H29Cl2NO4/c1-4-21(15(2)29)28-23(16-8-10-18(26)11-9-16)20(17-6-5-7-19(27)12-17)13-25(3,24(28)32)14-22(30)31/h5-12,15,20-21,23,29H,4,13-14H2,1-3H3,(H,30,31)/t15-,20-,21-,23?,25-/m1/s1. The lowest BCUT2D eigenvalue weighted by molar-refractivity contribution is -0.163. The van der Waals surface area contributed by atoms with Crippen LogP contribution in [0.25, 0.3) is 0 Å². The van der Waals surface area contributed by atoms with Gasteiger partial charge in [-0.25, -0.2) is 0 Å². The van der Waals surface area contributed by atoms with Gasteiger partial charge in [0.2, 0.25) is 5.91 Å². The lowest BCUT2D eigenvalue weighted by atomic mass is 9.67. The van der Waals surface area contributed by atoms with Gasteiger partial charge in [-0.1, -0.05) is 61.3 Å². The molecule has 7 heteroatoms. The van der Waals surface area contributed by atoms with E-state index in [0.717, 1.165) is 11.1 Å². The summed E-state index contributed by atoms with van der Waals surface area (Å²) in [4.78, 5) is 27.3. The minimum atomic E-state index is -1.12. The molecular weight excluding hydrogens is 449 g/mol. The SMILES string of the molecule is CC[C@H]([C@@H](C)O)N1C(=O)[C@@](C)(CC(=O)O)C[C@H](c2cccc(Cl)c2)C1c1ccc(Cl)cc1. The van der Waals surface area contributed by atoms with Crippen molar-refractivity contribution in [2.24, 2.45) is 5.41 Å². The molecule has 2 N–H and O–H groups in total. The van der Waals surface area contributed by atoms with Gasteiger partial charge in [-0.2, -0.15) is 0 Å². The lowest BCUT2D eigenvalue weighted by Gasteiger charge is -2.52. The zero-order valence-corrected chi connectivity index (χ0v) is 20.0. The molecule has 1 fully saturated rings. The summed E-state index contributed by atoms with van der Waals surface area (Å²) >= 11 is 12.4. The van der Waals surface area contributed by atoms with E-state index in [1.165, 1.54) is 0 Å². The maximum Gasteiger partial charge on any atom is 0.304 e. The van der Waals surface area contributed by atoms with Gasteiger partial charge < -0.3 is 15.1 Å². The molecule has 1 saturated heterocycles. The summed E-state index contributed by atoms with van der Waals surface area (Å²) in [6.45, 7) is 5.29. The molecule has 172 valence electrons. The van der Waals surface area contributed by atoms with Crippen molar-refractivity contribution in [2.45, 2.75) is 64.1 Å². The number of hydrogen-bond acceptors (Lipinski definition) is 3. The number of nitrogens with zero attached hydrogens (tertiary/aromatic N) is 1. The van der Waals surface area contributed by atoms with Crippen molar-refractivity contribution in [3.63, 3.8) is 0 Å². The number of rotatable bonds is 7. The second kappa shape index (κ2) is 9.82. The van der Waals surface area contributed by atoms with Crippen LogP contribution in [0.2, 0.25) is 10.0 Å². The van der Waals surface area contributed by atoms with E-state index in [1.54, 1.807) is 36.9 Å². The monoisotopic (exact) mass is 477 g/mol. The first-order chi connectivity index (χ1) is 15.1. The fraction of sp³-hybridized carbons (Fsp3) is 0.440. The summed E-state index contributed by atoms with van der Waals surface area (Å²) in [5.41, 5.74) is 0.681. The van der Waals surface area contributed by atoms with Gasteiger partial charge in [0.05, 0.1) is 30.0 Å². The van der Waals surface area contributed by atoms with Crippen molar-refractivity contribution in [3.05, 3.63) is 69.7 Å². The van der Waals surface area contributed by atoms with E-state index in [-0.39, 0.29) is 18.2 Å². The van der Waals surface area contributed by atoms with Crippen LogP contribution in [0.5, 0.6) is 0 Å². The fourth-order valence-corrected chi connectivity index (χ4v) is 5.34. The highest BCUT2D eigenvalue weighted by Gasteiger charge is 2.52. The van der Waals surface area contributed by atoms with Crippen LogP contribution in [0, 0.1) is 5.41 Å². The van der Waals surface area contributed by atoms with Gasteiger partial charge in [0.1, 0.15) is 0 Å². The highest BCUT2D eigenvalue weighted by Crippen LogP contribution is 2.52. The number of aliphatic hydroxyl groups excluding tert-OH is 1. The Balaban J connectivity index is 2.25. The summed E-state index contributed by atoms with van der Waals surface area (Å²) in [5.74, 6) is -1.50. The van der Waals surface area contributed by atoms with Crippen LogP contribution in [0.4, 0.5) is 0 Å². The van der Waals surface area contributed by atoms with E-state index in [4.69, 9.17) is 23.2 Å². The summed E-state index contributed by atoms with van der Waals surface area (Å²) in [7, 11) is 0. The number of piperidine rings is 1. The molecule has 2 aromatic carbocycles. The first-order valence-electron chi connectivity index (χ1n) is 10.8. The molecule has 1 heterocycles. The molecule has 32 heavy (non-hydrogen) atoms. The Morgan fingerprint density at radius 3 is 2.34 bits per heavy atom. The second-order valence-electron chi connectivity index (χ2n) is 8.92. The van der Waals surface area contributed by atoms with Gasteiger partial charge in [-0.05, 0) is 55.2 Å². The molecule has 0 aliphatic carbocycles. The summed E-state index contributed by atoms with van der Waals surface area (Å²) in [6, 6.07) is 13.9. The maximum atomic E-state index is 13.9. The predicted molar refractivity (Wildman–Crippen MR) is 126 cm³/mol. The number of likely N-dealkylation sites (tertiary alicyclic amines) is 1. The van der Waals surface area contributed by atoms with Crippen LogP contribution < -0.4 is 0 Å². The summed E-state index contributed by atoms with van der Waals surface area (Å²) < 4.78 is 0. The topological polar surface area (TPSA) is 77.8 Å². The van der Waals surface area contributed by atoms with Crippen molar-refractivity contribution in [1.29, 1.82) is 0 Å². The van der Waals surface area contributed by atoms with Crippen molar-refractivity contribution in [1.82, 2.24) is 4.90 Å². The fourth-order valence-electron chi connectivity index (χ4n) is 5.02. The number of carbonyl (C=O) groups is 2. The second-order valence-corrected chi connectivity index (χ2v) is 9.79. The number of carbonyl (C=O) groups excluding carboxylic acids is 1. The molecule has 1 aliphatic rings. The molecule has 1 aliphatic heterocycles. The molecule has 5 atom stereocenters. The van der Waals surface area contributed by atoms with Crippen molar-refractivity contribution < 1.29 is 19.8 Å². The smallest absolute Gasteiger partial charge is 0.304 e. The van der Waals surface area contributed by atoms with Gasteiger partial charge in [-0.3, -0.25) is 9.59 Å². The highest BCUT2D eigenvalue weighted by atomic mass is 35.5. The summed E-state index contributed by atoms with van der Waals surface area (Å²) in [5, 5.41) is 21.3. The Hall–Kier alpha value is -2.08. The molecule has 0 radical (unpaired) electrons. The van der Waals surface area contributed by atoms with Crippen LogP contribution in [-0.2, 0) is 9.59 Å². The minimum absolute atomic E-state index is 0.218. The Kier molecular flexibility index (Phi) is 7.53. The van der Waals surface area contributed by atoms with E-state index >= 15 is 0 Å². The molecule has 0 spiro atoms. The van der Waals surface area contributed by atoms with E-state index in [2.05, 4.69) is 0 Å². The lowest BCUT2D eigenvalue weighted by Crippen LogP contribution is -2.58. The molecule has 1 unspecified atom stereocenters. The van der Waals surface area contributed by atoms with Crippen LogP contribution >= 0.6 is 23.2 Å². The largest absolute Gasteiger partial charge is 0.481 e. The third-order valence-corrected chi connectivity index (χ3v) is 6.95. The zero-order chi connectivity index (χ0) is 23.6. The van der Waals surface area contributed by atoms with E-state index in [1.807, 2.05) is 37.3 Å². The van der Waals surface area contributed by atoms with Crippen molar-refractivity contribution in [2.75, 3.05) is 0 Å². The molecule has 0 saturated carbocycles. The van der Waals surface area contributed by atoms with E-state index < -0.39 is 29.6 Å². The van der Waals surface area contributed by atoms with Crippen molar-refractivity contribution >= 4 is 35.1 Å². The molecular formula is C25H29Cl2NO4. The number of amides is 1. The number of hydrogen-bond donors (Lipinski definition) is 2. The van der Waals surface area contributed by atoms with Crippen LogP contribution in [0.3, 0.4) is 0 Å². The normalized spacial score (nSPS) is 25.4.